The molecule has 0 aromatic carbocycles. The zero-order valence-electron chi connectivity index (χ0n) is 12.3. The Kier molecular flexibility index (Phi) is 6.24. The highest BCUT2D eigenvalue weighted by Gasteiger charge is 2.27. The first kappa shape index (κ1) is 15.9. The van der Waals surface area contributed by atoms with E-state index < -0.39 is 6.03 Å². The van der Waals surface area contributed by atoms with Crippen molar-refractivity contribution in [1.82, 2.24) is 10.6 Å². The van der Waals surface area contributed by atoms with Gasteiger partial charge >= 0.3 is 6.03 Å². The number of imide groups is 1. The van der Waals surface area contributed by atoms with Gasteiger partial charge < -0.3 is 15.0 Å². The van der Waals surface area contributed by atoms with Crippen molar-refractivity contribution in [1.29, 1.82) is 0 Å². The van der Waals surface area contributed by atoms with Crippen LogP contribution in [0.25, 0.3) is 0 Å². The third-order valence-electron chi connectivity index (χ3n) is 2.95. The molecule has 0 aromatic rings. The first-order valence-electron chi connectivity index (χ1n) is 6.93. The maximum atomic E-state index is 11.7. The van der Waals surface area contributed by atoms with E-state index in [-0.39, 0.29) is 18.1 Å². The van der Waals surface area contributed by atoms with Crippen LogP contribution in [0, 0.1) is 5.92 Å². The topological polar surface area (TPSA) is 71.9 Å². The normalized spacial score (nSPS) is 27.1. The van der Waals surface area contributed by atoms with Crippen LogP contribution >= 0.6 is 0 Å². The zero-order chi connectivity index (χ0) is 14.4. The van der Waals surface area contributed by atoms with Gasteiger partial charge in [0.2, 0.25) is 0 Å². The first-order valence-corrected chi connectivity index (χ1v) is 6.93. The second-order valence-corrected chi connectivity index (χ2v) is 5.74. The van der Waals surface area contributed by atoms with Crippen molar-refractivity contribution in [3.8, 4) is 0 Å². The molecule has 1 aliphatic rings. The molecule has 1 aliphatic heterocycles. The highest BCUT2D eigenvalue weighted by Crippen LogP contribution is 1.97. The summed E-state index contributed by atoms with van der Waals surface area (Å²) in [5.74, 6) is 0.130. The summed E-state index contributed by atoms with van der Waals surface area (Å²) in [5.41, 5.74) is 0. The molecule has 3 N–H and O–H groups in total. The third-order valence-corrected chi connectivity index (χ3v) is 2.95. The molecule has 0 radical (unpaired) electrons. The lowest BCUT2D eigenvalue weighted by molar-refractivity contribution is -0.907. The van der Waals surface area contributed by atoms with Gasteiger partial charge in [-0.25, -0.2) is 4.79 Å². The molecule has 0 spiro atoms. The number of morpholine rings is 1. The predicted octanol–water partition coefficient (Wildman–Crippen LogP) is -0.840. The average Bonchev–Trinajstić information content (AvgIpc) is 2.24. The number of hydrogen-bond donors (Lipinski definition) is 3. The van der Waals surface area contributed by atoms with Crippen molar-refractivity contribution >= 4 is 11.9 Å². The highest BCUT2D eigenvalue weighted by atomic mass is 16.5. The fraction of sp³-hybridized carbons (Fsp3) is 0.846. The SMILES string of the molecule is CC(C)CNC(=O)NC(=O)C[NH+]1C[C@H](C)O[C@@H](C)C1. The Bertz CT molecular complexity index is 310. The number of urea groups is 1. The summed E-state index contributed by atoms with van der Waals surface area (Å²) >= 11 is 0. The van der Waals surface area contributed by atoms with E-state index in [1.807, 2.05) is 27.7 Å². The molecule has 6 nitrogen and oxygen atoms in total. The van der Waals surface area contributed by atoms with Crippen LogP contribution in [0.4, 0.5) is 4.79 Å². The van der Waals surface area contributed by atoms with Gasteiger partial charge in [-0.15, -0.1) is 0 Å². The van der Waals surface area contributed by atoms with Crippen molar-refractivity contribution in [3.05, 3.63) is 0 Å². The Balaban J connectivity index is 2.28. The van der Waals surface area contributed by atoms with Gasteiger partial charge in [-0.2, -0.15) is 0 Å². The molecule has 1 rings (SSSR count). The number of carbonyl (C=O) groups excluding carboxylic acids is 2. The van der Waals surface area contributed by atoms with Crippen molar-refractivity contribution in [2.45, 2.75) is 39.9 Å². The van der Waals surface area contributed by atoms with E-state index in [2.05, 4.69) is 10.6 Å². The van der Waals surface area contributed by atoms with Crippen molar-refractivity contribution in [2.24, 2.45) is 5.92 Å². The van der Waals surface area contributed by atoms with Gasteiger partial charge in [0.25, 0.3) is 5.91 Å². The minimum Gasteiger partial charge on any atom is -0.364 e. The molecule has 3 amide bonds. The minimum absolute atomic E-state index is 0.154. The maximum Gasteiger partial charge on any atom is 0.321 e. The summed E-state index contributed by atoms with van der Waals surface area (Å²) in [6, 6.07) is -0.410. The zero-order valence-corrected chi connectivity index (χ0v) is 12.3. The molecule has 1 fully saturated rings. The summed E-state index contributed by atoms with van der Waals surface area (Å²) in [7, 11) is 0. The van der Waals surface area contributed by atoms with Crippen LogP contribution in [0.2, 0.25) is 0 Å². The van der Waals surface area contributed by atoms with E-state index in [4.69, 9.17) is 4.74 Å². The number of nitrogens with one attached hydrogen (secondary N) is 3. The van der Waals surface area contributed by atoms with E-state index in [1.54, 1.807) is 0 Å². The Morgan fingerprint density at radius 3 is 2.37 bits per heavy atom. The molecular weight excluding hydrogens is 246 g/mol. The largest absolute Gasteiger partial charge is 0.364 e. The van der Waals surface area contributed by atoms with E-state index in [0.717, 1.165) is 18.0 Å². The molecule has 19 heavy (non-hydrogen) atoms. The quantitative estimate of drug-likeness (QED) is 0.625. The van der Waals surface area contributed by atoms with Crippen LogP contribution in [0.15, 0.2) is 0 Å². The van der Waals surface area contributed by atoms with Gasteiger partial charge in [0, 0.05) is 6.54 Å². The van der Waals surface area contributed by atoms with Crippen LogP contribution in [-0.2, 0) is 9.53 Å². The summed E-state index contributed by atoms with van der Waals surface area (Å²) < 4.78 is 5.61. The molecular formula is C13H26N3O3+. The van der Waals surface area contributed by atoms with Crippen molar-refractivity contribution in [3.63, 3.8) is 0 Å². The molecule has 0 aliphatic carbocycles. The molecule has 6 heteroatoms. The monoisotopic (exact) mass is 272 g/mol. The third kappa shape index (κ3) is 6.54. The number of carbonyl (C=O) groups is 2. The summed E-state index contributed by atoms with van der Waals surface area (Å²) in [5, 5.41) is 5.02. The van der Waals surface area contributed by atoms with Gasteiger partial charge in [-0.1, -0.05) is 13.8 Å². The van der Waals surface area contributed by atoms with Crippen LogP contribution in [0.3, 0.4) is 0 Å². The lowest BCUT2D eigenvalue weighted by Crippen LogP contribution is -3.16. The number of ether oxygens (including phenoxy) is 1. The smallest absolute Gasteiger partial charge is 0.321 e. The molecule has 0 saturated carbocycles. The van der Waals surface area contributed by atoms with Crippen LogP contribution < -0.4 is 15.5 Å². The molecule has 2 atom stereocenters. The van der Waals surface area contributed by atoms with Crippen molar-refractivity contribution in [2.75, 3.05) is 26.2 Å². The average molecular weight is 272 g/mol. The summed E-state index contributed by atoms with van der Waals surface area (Å²) in [4.78, 5) is 24.4. The van der Waals surface area contributed by atoms with Crippen LogP contribution in [0.1, 0.15) is 27.7 Å². The Labute approximate surface area is 114 Å². The first-order chi connectivity index (χ1) is 8.86. The van der Waals surface area contributed by atoms with Gasteiger partial charge in [0.05, 0.1) is 0 Å². The Hall–Kier alpha value is -1.14. The van der Waals surface area contributed by atoms with E-state index >= 15 is 0 Å². The van der Waals surface area contributed by atoms with Crippen LogP contribution in [-0.4, -0.2) is 50.3 Å². The molecule has 0 bridgehead atoms. The lowest BCUT2D eigenvalue weighted by Gasteiger charge is -2.31. The highest BCUT2D eigenvalue weighted by molar-refractivity contribution is 5.94. The number of hydrogen-bond acceptors (Lipinski definition) is 3. The Morgan fingerprint density at radius 2 is 1.84 bits per heavy atom. The molecule has 0 unspecified atom stereocenters. The second-order valence-electron chi connectivity index (χ2n) is 5.74. The van der Waals surface area contributed by atoms with Crippen LogP contribution in [0.5, 0.6) is 0 Å². The summed E-state index contributed by atoms with van der Waals surface area (Å²) in [6.07, 6.45) is 0.308. The lowest BCUT2D eigenvalue weighted by atomic mass is 10.2. The fourth-order valence-electron chi connectivity index (χ4n) is 2.27. The standard InChI is InChI=1S/C13H25N3O3/c1-9(2)5-14-13(18)15-12(17)8-16-6-10(3)19-11(4)7-16/h9-11H,5-8H2,1-4H3,(H2,14,15,17,18)/p+1/t10-,11-/m0/s1. The molecule has 0 aromatic heterocycles. The molecule has 1 saturated heterocycles. The van der Waals surface area contributed by atoms with E-state index in [9.17, 15) is 9.59 Å². The van der Waals surface area contributed by atoms with E-state index in [0.29, 0.717) is 19.0 Å². The number of amides is 3. The number of rotatable bonds is 4. The fourth-order valence-corrected chi connectivity index (χ4v) is 2.27. The second kappa shape index (κ2) is 7.45. The van der Waals surface area contributed by atoms with Crippen molar-refractivity contribution < 1.29 is 19.2 Å². The minimum atomic E-state index is -0.410. The molecule has 110 valence electrons. The van der Waals surface area contributed by atoms with Gasteiger partial charge in [0.1, 0.15) is 25.3 Å². The maximum absolute atomic E-state index is 11.7. The summed E-state index contributed by atoms with van der Waals surface area (Å²) in [6.45, 7) is 10.5. The molecule has 1 heterocycles. The van der Waals surface area contributed by atoms with Gasteiger partial charge in [-0.05, 0) is 19.8 Å². The predicted molar refractivity (Wildman–Crippen MR) is 72.0 cm³/mol. The number of quaternary nitrogens is 1. The Morgan fingerprint density at radius 1 is 1.26 bits per heavy atom. The van der Waals surface area contributed by atoms with E-state index in [1.165, 1.54) is 0 Å². The van der Waals surface area contributed by atoms with Gasteiger partial charge in [0.15, 0.2) is 6.54 Å². The van der Waals surface area contributed by atoms with Gasteiger partial charge in [-0.3, -0.25) is 10.1 Å².